The molecule has 0 N–H and O–H groups in total. The van der Waals surface area contributed by atoms with Gasteiger partial charge < -0.3 is 0 Å². The third kappa shape index (κ3) is 6.58. The second-order valence-corrected chi connectivity index (χ2v) is 14.5. The van der Waals surface area contributed by atoms with E-state index >= 15 is 0 Å². The smallest absolute Gasteiger partial charge is 0.116 e. The zero-order valence-electron chi connectivity index (χ0n) is 32.1. The van der Waals surface area contributed by atoms with Gasteiger partial charge in [-0.05, 0) is 72.8 Å². The highest BCUT2D eigenvalue weighted by molar-refractivity contribution is 6.22. The molecule has 0 atom stereocenters. The number of rotatable bonds is 6. The number of fused-ring (bicyclic) bond motifs is 4. The molecule has 0 unspecified atom stereocenters. The molecule has 6 aromatic heterocycles. The van der Waals surface area contributed by atoms with Crippen LogP contribution in [0.4, 0.5) is 11.4 Å². The largest absolute Gasteiger partial charge is 0.265 e. The summed E-state index contributed by atoms with van der Waals surface area (Å²) < 4.78 is 0. The van der Waals surface area contributed by atoms with Crippen molar-refractivity contribution in [2.45, 2.75) is 0 Å². The molecule has 0 radical (unpaired) electrons. The van der Waals surface area contributed by atoms with Gasteiger partial charge in [-0.15, -0.1) is 0 Å². The van der Waals surface area contributed by atoms with Crippen molar-refractivity contribution in [2.24, 2.45) is 9.98 Å². The van der Waals surface area contributed by atoms with Gasteiger partial charge in [0.1, 0.15) is 11.4 Å². The molecule has 0 amide bonds. The number of hydrogen-bond donors (Lipinski definition) is 0. The number of pyridine rings is 6. The normalized spacial score (nSPS) is 13.9. The highest BCUT2D eigenvalue weighted by Crippen LogP contribution is 2.36. The molecule has 7 heterocycles. The van der Waals surface area contributed by atoms with Crippen LogP contribution in [0.15, 0.2) is 205 Å². The monoisotopic (exact) mass is 768 g/mol. The second-order valence-electron chi connectivity index (χ2n) is 14.5. The van der Waals surface area contributed by atoms with E-state index in [0.29, 0.717) is 34.2 Å². The van der Waals surface area contributed by atoms with Gasteiger partial charge in [0.25, 0.3) is 0 Å². The fraction of sp³-hybridized carbons (Fsp3) is 0. The lowest BCUT2D eigenvalue weighted by Crippen LogP contribution is -2.13. The van der Waals surface area contributed by atoms with Crippen molar-refractivity contribution >= 4 is 44.6 Å². The van der Waals surface area contributed by atoms with E-state index in [4.69, 9.17) is 29.9 Å². The Balaban J connectivity index is 1.05. The lowest BCUT2D eigenvalue weighted by atomic mass is 9.97. The van der Waals surface area contributed by atoms with Gasteiger partial charge in [-0.2, -0.15) is 0 Å². The van der Waals surface area contributed by atoms with Crippen LogP contribution in [0.3, 0.4) is 0 Å². The Labute approximate surface area is 345 Å². The highest BCUT2D eigenvalue weighted by Gasteiger charge is 2.24. The summed E-state index contributed by atoms with van der Waals surface area (Å²) in [6.07, 6.45) is 7.13. The number of nitrogens with zero attached hydrogens (tertiary/aromatic N) is 8. The van der Waals surface area contributed by atoms with Crippen LogP contribution in [-0.2, 0) is 0 Å². The van der Waals surface area contributed by atoms with Crippen LogP contribution in [0.2, 0.25) is 0 Å². The average Bonchev–Trinajstić information content (AvgIpc) is 3.32. The first-order valence-electron chi connectivity index (χ1n) is 19.6. The zero-order valence-corrected chi connectivity index (χ0v) is 32.1. The Hall–Kier alpha value is -8.36. The van der Waals surface area contributed by atoms with Crippen LogP contribution in [0.5, 0.6) is 0 Å². The molecule has 8 heteroatoms. The number of benzene rings is 4. The van der Waals surface area contributed by atoms with E-state index in [2.05, 4.69) is 82.8 Å². The summed E-state index contributed by atoms with van der Waals surface area (Å²) in [4.78, 5) is 39.8. The molecular weight excluding hydrogens is 737 g/mol. The second kappa shape index (κ2) is 14.9. The van der Waals surface area contributed by atoms with E-state index in [-0.39, 0.29) is 0 Å². The van der Waals surface area contributed by atoms with Crippen molar-refractivity contribution in [3.8, 4) is 45.0 Å². The van der Waals surface area contributed by atoms with Crippen molar-refractivity contribution in [3.05, 3.63) is 217 Å². The van der Waals surface area contributed by atoms with E-state index in [9.17, 15) is 0 Å². The van der Waals surface area contributed by atoms with E-state index in [1.165, 1.54) is 0 Å². The van der Waals surface area contributed by atoms with E-state index in [0.717, 1.165) is 78.0 Å². The highest BCUT2D eigenvalue weighted by atomic mass is 14.9. The minimum atomic E-state index is 0.685. The summed E-state index contributed by atoms with van der Waals surface area (Å²) in [6.45, 7) is 0. The molecule has 0 fully saturated rings. The molecule has 60 heavy (non-hydrogen) atoms. The lowest BCUT2D eigenvalue weighted by Gasteiger charge is -2.18. The maximum absolute atomic E-state index is 5.48. The van der Waals surface area contributed by atoms with E-state index in [1.54, 1.807) is 24.8 Å². The predicted molar refractivity (Wildman–Crippen MR) is 240 cm³/mol. The topological polar surface area (TPSA) is 102 Å². The van der Waals surface area contributed by atoms with Gasteiger partial charge >= 0.3 is 0 Å². The molecular formula is C52H32N8. The van der Waals surface area contributed by atoms with Crippen LogP contribution in [0.1, 0.15) is 22.5 Å². The molecule has 280 valence electrons. The van der Waals surface area contributed by atoms with Crippen molar-refractivity contribution in [1.82, 2.24) is 29.9 Å². The first-order valence-corrected chi connectivity index (χ1v) is 19.6. The third-order valence-corrected chi connectivity index (χ3v) is 10.7. The summed E-state index contributed by atoms with van der Waals surface area (Å²) in [5, 5.41) is 1.97. The van der Waals surface area contributed by atoms with Gasteiger partial charge in [-0.25, -0.2) is 29.9 Å². The van der Waals surface area contributed by atoms with Gasteiger partial charge in [0.15, 0.2) is 0 Å². The van der Waals surface area contributed by atoms with Crippen molar-refractivity contribution in [2.75, 3.05) is 0 Å². The summed E-state index contributed by atoms with van der Waals surface area (Å²) in [5.74, 6) is 0. The third-order valence-electron chi connectivity index (χ3n) is 10.7. The molecule has 0 aliphatic carbocycles. The summed E-state index contributed by atoms with van der Waals surface area (Å²) in [5.41, 5.74) is 15.2. The Morgan fingerprint density at radius 2 is 0.633 bits per heavy atom. The quantitative estimate of drug-likeness (QED) is 0.167. The van der Waals surface area contributed by atoms with Crippen LogP contribution in [-0.4, -0.2) is 41.3 Å². The Morgan fingerprint density at radius 3 is 1.03 bits per heavy atom. The molecule has 10 aromatic rings. The van der Waals surface area contributed by atoms with E-state index < -0.39 is 0 Å². The fourth-order valence-electron chi connectivity index (χ4n) is 7.63. The molecule has 1 aliphatic heterocycles. The minimum absolute atomic E-state index is 0.685. The molecule has 1 aliphatic rings. The molecule has 0 saturated carbocycles. The standard InChI is InChI=1S/C52H32N8/c1-3-9-45-39(7-1)31-47-51(57-45)49(37-19-15-33(16-20-37)41-11-5-13-43(55-41)35-23-27-53-28-24-35)60-48-32-40-8-2-4-10-46(40)58-52(48)50(59-47)38-21-17-34(18-22-38)42-12-6-14-44(56-42)36-25-29-54-30-26-36/h1-32H/b51-49?,52-50?,59-47?,59-50-,60-48?,60-49-. The zero-order chi connectivity index (χ0) is 39.8. The van der Waals surface area contributed by atoms with Gasteiger partial charge in [0.2, 0.25) is 0 Å². The first kappa shape index (κ1) is 34.9. The van der Waals surface area contributed by atoms with Crippen LogP contribution in [0.25, 0.3) is 66.8 Å². The van der Waals surface area contributed by atoms with Crippen LogP contribution < -0.4 is 0 Å². The van der Waals surface area contributed by atoms with Crippen LogP contribution in [0, 0.1) is 0 Å². The molecule has 0 spiro atoms. The number of hydrogen-bond acceptors (Lipinski definition) is 8. The minimum Gasteiger partial charge on any atom is -0.265 e. The van der Waals surface area contributed by atoms with E-state index in [1.807, 2.05) is 97.1 Å². The fourth-order valence-corrected chi connectivity index (χ4v) is 7.63. The Bertz CT molecular complexity index is 3070. The Kier molecular flexibility index (Phi) is 8.63. The molecule has 11 rings (SSSR count). The molecule has 4 aromatic carbocycles. The van der Waals surface area contributed by atoms with Gasteiger partial charge in [-0.3, -0.25) is 9.97 Å². The summed E-state index contributed by atoms with van der Waals surface area (Å²) in [7, 11) is 0. The number of aliphatic imine (C=N–C) groups is 2. The van der Waals surface area contributed by atoms with Crippen molar-refractivity contribution in [3.63, 3.8) is 0 Å². The van der Waals surface area contributed by atoms with Crippen molar-refractivity contribution < 1.29 is 0 Å². The van der Waals surface area contributed by atoms with Crippen molar-refractivity contribution in [1.29, 1.82) is 0 Å². The lowest BCUT2D eigenvalue weighted by molar-refractivity contribution is 1.26. The van der Waals surface area contributed by atoms with Gasteiger partial charge in [-0.1, -0.05) is 97.1 Å². The van der Waals surface area contributed by atoms with Crippen LogP contribution >= 0.6 is 0 Å². The number of aromatic nitrogens is 6. The Morgan fingerprint density at radius 1 is 0.283 bits per heavy atom. The van der Waals surface area contributed by atoms with Gasteiger partial charge in [0.05, 0.1) is 56.6 Å². The summed E-state index contributed by atoms with van der Waals surface area (Å²) >= 11 is 0. The average molecular weight is 769 g/mol. The number of para-hydroxylation sites is 2. The first-order chi connectivity index (χ1) is 29.7. The maximum atomic E-state index is 5.48. The molecule has 0 bridgehead atoms. The SMILES string of the molecule is c1cc(-c2ccncc2)nc(-c2ccc(/C3=N/c4cc5ccccc5nc4/C(c4ccc(-c5cccc(-c6ccncc6)n5)cc4)=N\c4cc5ccccc5nc43)cc2)c1. The summed E-state index contributed by atoms with van der Waals surface area (Å²) in [6, 6.07) is 57.2. The maximum Gasteiger partial charge on any atom is 0.116 e. The molecule has 8 nitrogen and oxygen atoms in total. The predicted octanol–water partition coefficient (Wildman–Crippen LogP) is 11.7. The molecule has 0 saturated heterocycles. The van der Waals surface area contributed by atoms with Gasteiger partial charge in [0, 0.05) is 68.9 Å².